The maximum Gasteiger partial charge on any atom is 0.245 e. The Balaban J connectivity index is 1.87. The van der Waals surface area contributed by atoms with Crippen molar-refractivity contribution in [1.82, 2.24) is 9.80 Å². The van der Waals surface area contributed by atoms with Gasteiger partial charge in [-0.2, -0.15) is 0 Å². The summed E-state index contributed by atoms with van der Waals surface area (Å²) in [5.41, 5.74) is 1.32. The fourth-order valence-electron chi connectivity index (χ4n) is 3.64. The van der Waals surface area contributed by atoms with Gasteiger partial charge in [-0.3, -0.25) is 9.59 Å². The highest BCUT2D eigenvalue weighted by Crippen LogP contribution is 2.23. The summed E-state index contributed by atoms with van der Waals surface area (Å²) in [4.78, 5) is 29.1. The lowest BCUT2D eigenvalue weighted by Gasteiger charge is -2.29. The van der Waals surface area contributed by atoms with Crippen LogP contribution in [0.4, 0.5) is 0 Å². The van der Waals surface area contributed by atoms with Crippen LogP contribution < -0.4 is 0 Å². The van der Waals surface area contributed by atoms with Gasteiger partial charge in [0.1, 0.15) is 6.04 Å². The fraction of sp³-hybridized carbons (Fsp3) is 0.619. The molecule has 138 valence electrons. The fourth-order valence-corrected chi connectivity index (χ4v) is 3.64. The molecule has 4 heteroatoms. The number of nitrogens with zero attached hydrogens (tertiary/aromatic N) is 2. The second-order valence-corrected chi connectivity index (χ2v) is 7.09. The number of amides is 2. The zero-order chi connectivity index (χ0) is 18.2. The van der Waals surface area contributed by atoms with Crippen LogP contribution in [0, 0.1) is 5.92 Å². The molecule has 4 nitrogen and oxygen atoms in total. The lowest BCUT2D eigenvalue weighted by molar-refractivity contribution is -0.144. The van der Waals surface area contributed by atoms with Crippen LogP contribution in [-0.2, 0) is 16.0 Å². The van der Waals surface area contributed by atoms with Gasteiger partial charge in [0.2, 0.25) is 11.8 Å². The number of benzene rings is 1. The number of likely N-dealkylation sites (tertiary alicyclic amines) is 1. The molecule has 1 aromatic rings. The summed E-state index contributed by atoms with van der Waals surface area (Å²) in [6.45, 7) is 8.27. The minimum absolute atomic E-state index is 0.118. The topological polar surface area (TPSA) is 40.6 Å². The van der Waals surface area contributed by atoms with Crippen LogP contribution in [0.1, 0.15) is 52.0 Å². The number of hydrogen-bond donors (Lipinski definition) is 0. The normalized spacial score (nSPS) is 18.2. The monoisotopic (exact) mass is 344 g/mol. The van der Waals surface area contributed by atoms with Gasteiger partial charge in [-0.05, 0) is 51.0 Å². The zero-order valence-corrected chi connectivity index (χ0v) is 15.9. The number of aryl methyl sites for hydroxylation is 1. The Morgan fingerprint density at radius 3 is 2.52 bits per heavy atom. The average molecular weight is 344 g/mol. The van der Waals surface area contributed by atoms with E-state index in [-0.39, 0.29) is 17.9 Å². The van der Waals surface area contributed by atoms with E-state index >= 15 is 0 Å². The van der Waals surface area contributed by atoms with Gasteiger partial charge in [-0.1, -0.05) is 37.3 Å². The standard InChI is InChI=1S/C21H32N2O2/c1-4-22(5-2)21(25)19-12-9-15-23(19)20(24)16-17(3)13-14-18-10-7-6-8-11-18/h6-8,10-11,17,19H,4-5,9,12-16H2,1-3H3. The van der Waals surface area contributed by atoms with E-state index in [1.807, 2.05) is 29.7 Å². The van der Waals surface area contributed by atoms with Crippen LogP contribution in [0.5, 0.6) is 0 Å². The molecule has 2 unspecified atom stereocenters. The van der Waals surface area contributed by atoms with Gasteiger partial charge in [0.15, 0.2) is 0 Å². The number of likely N-dealkylation sites (N-methyl/N-ethyl adjacent to an activating group) is 1. The molecule has 1 aromatic carbocycles. The summed E-state index contributed by atoms with van der Waals surface area (Å²) >= 11 is 0. The smallest absolute Gasteiger partial charge is 0.245 e. The molecular weight excluding hydrogens is 312 g/mol. The van der Waals surface area contributed by atoms with Crippen LogP contribution in [0.2, 0.25) is 0 Å². The van der Waals surface area contributed by atoms with Crippen molar-refractivity contribution in [2.45, 2.75) is 58.9 Å². The van der Waals surface area contributed by atoms with Crippen molar-refractivity contribution in [2.75, 3.05) is 19.6 Å². The molecule has 0 aromatic heterocycles. The molecule has 25 heavy (non-hydrogen) atoms. The molecular formula is C21H32N2O2. The van der Waals surface area contributed by atoms with Gasteiger partial charge < -0.3 is 9.80 Å². The Kier molecular flexibility index (Phi) is 7.48. The number of carbonyl (C=O) groups excluding carboxylic acids is 2. The van der Waals surface area contributed by atoms with Gasteiger partial charge in [-0.15, -0.1) is 0 Å². The first-order chi connectivity index (χ1) is 12.1. The van der Waals surface area contributed by atoms with E-state index in [1.165, 1.54) is 5.56 Å². The van der Waals surface area contributed by atoms with Crippen molar-refractivity contribution in [3.63, 3.8) is 0 Å². The van der Waals surface area contributed by atoms with E-state index in [2.05, 4.69) is 31.2 Å². The molecule has 2 atom stereocenters. The Labute approximate surface area is 152 Å². The number of hydrogen-bond acceptors (Lipinski definition) is 2. The molecule has 0 bridgehead atoms. The van der Waals surface area contributed by atoms with Gasteiger partial charge in [-0.25, -0.2) is 0 Å². The lowest BCUT2D eigenvalue weighted by Crippen LogP contribution is -2.48. The molecule has 2 rings (SSSR count). The van der Waals surface area contributed by atoms with Crippen molar-refractivity contribution in [2.24, 2.45) is 5.92 Å². The number of carbonyl (C=O) groups is 2. The Hall–Kier alpha value is -1.84. The molecule has 1 heterocycles. The van der Waals surface area contributed by atoms with Crippen molar-refractivity contribution in [3.05, 3.63) is 35.9 Å². The largest absolute Gasteiger partial charge is 0.341 e. The van der Waals surface area contributed by atoms with Crippen molar-refractivity contribution >= 4 is 11.8 Å². The van der Waals surface area contributed by atoms with Crippen LogP contribution in [0.3, 0.4) is 0 Å². The molecule has 0 spiro atoms. The lowest BCUT2D eigenvalue weighted by atomic mass is 9.97. The summed E-state index contributed by atoms with van der Waals surface area (Å²) in [5.74, 6) is 0.592. The van der Waals surface area contributed by atoms with Crippen LogP contribution in [-0.4, -0.2) is 47.3 Å². The Morgan fingerprint density at radius 1 is 1.20 bits per heavy atom. The number of rotatable bonds is 8. The van der Waals surface area contributed by atoms with Crippen molar-refractivity contribution in [1.29, 1.82) is 0 Å². The molecule has 1 aliphatic rings. The summed E-state index contributed by atoms with van der Waals surface area (Å²) in [5, 5.41) is 0. The maximum atomic E-state index is 12.7. The van der Waals surface area contributed by atoms with E-state index in [4.69, 9.17) is 0 Å². The summed E-state index contributed by atoms with van der Waals surface area (Å²) in [7, 11) is 0. The van der Waals surface area contributed by atoms with Crippen molar-refractivity contribution < 1.29 is 9.59 Å². The summed E-state index contributed by atoms with van der Waals surface area (Å²) in [6, 6.07) is 10.2. The quantitative estimate of drug-likeness (QED) is 0.724. The second-order valence-electron chi connectivity index (χ2n) is 7.09. The van der Waals surface area contributed by atoms with Gasteiger partial charge in [0, 0.05) is 26.1 Å². The summed E-state index contributed by atoms with van der Waals surface area (Å²) < 4.78 is 0. The first-order valence-corrected chi connectivity index (χ1v) is 9.69. The van der Waals surface area contributed by atoms with E-state index in [1.54, 1.807) is 0 Å². The first-order valence-electron chi connectivity index (χ1n) is 9.69. The highest BCUT2D eigenvalue weighted by Gasteiger charge is 2.35. The van der Waals surface area contributed by atoms with Gasteiger partial charge in [0.05, 0.1) is 0 Å². The third-order valence-corrected chi connectivity index (χ3v) is 5.23. The van der Waals surface area contributed by atoms with E-state index in [0.717, 1.165) is 32.2 Å². The van der Waals surface area contributed by atoms with Crippen LogP contribution >= 0.6 is 0 Å². The van der Waals surface area contributed by atoms with E-state index in [0.29, 0.717) is 25.4 Å². The highest BCUT2D eigenvalue weighted by atomic mass is 16.2. The van der Waals surface area contributed by atoms with Crippen LogP contribution in [0.15, 0.2) is 30.3 Å². The maximum absolute atomic E-state index is 12.7. The Morgan fingerprint density at radius 2 is 1.88 bits per heavy atom. The van der Waals surface area contributed by atoms with Gasteiger partial charge in [0.25, 0.3) is 0 Å². The molecule has 1 fully saturated rings. The predicted octanol–water partition coefficient (Wildman–Crippen LogP) is 3.50. The first kappa shape index (κ1) is 19.5. The molecule has 0 N–H and O–H groups in total. The summed E-state index contributed by atoms with van der Waals surface area (Å²) in [6.07, 6.45) is 4.27. The molecule has 0 radical (unpaired) electrons. The minimum atomic E-state index is -0.242. The molecule has 1 saturated heterocycles. The SMILES string of the molecule is CCN(CC)C(=O)C1CCCN1C(=O)CC(C)CCc1ccccc1. The molecule has 1 aliphatic heterocycles. The molecule has 0 aliphatic carbocycles. The minimum Gasteiger partial charge on any atom is -0.341 e. The second kappa shape index (κ2) is 9.59. The van der Waals surface area contributed by atoms with E-state index in [9.17, 15) is 9.59 Å². The highest BCUT2D eigenvalue weighted by molar-refractivity contribution is 5.88. The molecule has 2 amide bonds. The van der Waals surface area contributed by atoms with Crippen LogP contribution in [0.25, 0.3) is 0 Å². The third kappa shape index (κ3) is 5.32. The van der Waals surface area contributed by atoms with E-state index < -0.39 is 0 Å². The van der Waals surface area contributed by atoms with Gasteiger partial charge >= 0.3 is 0 Å². The predicted molar refractivity (Wildman–Crippen MR) is 101 cm³/mol. The van der Waals surface area contributed by atoms with Crippen molar-refractivity contribution in [3.8, 4) is 0 Å². The molecule has 0 saturated carbocycles. The Bertz CT molecular complexity index is 554. The zero-order valence-electron chi connectivity index (χ0n) is 15.9. The third-order valence-electron chi connectivity index (χ3n) is 5.23. The average Bonchev–Trinajstić information content (AvgIpc) is 3.11.